The van der Waals surface area contributed by atoms with Crippen molar-refractivity contribution in [1.29, 1.82) is 0 Å². The van der Waals surface area contributed by atoms with E-state index in [1.165, 1.54) is 16.8 Å². The molecular weight excluding hydrogens is 352 g/mol. The van der Waals surface area contributed by atoms with Crippen LogP contribution in [0, 0.1) is 11.6 Å². The average molecular weight is 369 g/mol. The Morgan fingerprint density at radius 3 is 2.72 bits per heavy atom. The van der Waals surface area contributed by atoms with Gasteiger partial charge in [0, 0.05) is 31.0 Å². The summed E-state index contributed by atoms with van der Waals surface area (Å²) >= 11 is 0. The molecule has 6 nitrogen and oxygen atoms in total. The van der Waals surface area contributed by atoms with E-state index in [-0.39, 0.29) is 33.8 Å². The molecule has 1 amide bonds. The first-order chi connectivity index (χ1) is 11.7. The zero-order valence-electron chi connectivity index (χ0n) is 13.6. The van der Waals surface area contributed by atoms with Crippen LogP contribution in [0.2, 0.25) is 0 Å². The van der Waals surface area contributed by atoms with Crippen molar-refractivity contribution in [3.63, 3.8) is 0 Å². The summed E-state index contributed by atoms with van der Waals surface area (Å²) < 4.78 is 52.5. The summed E-state index contributed by atoms with van der Waals surface area (Å²) in [5.74, 6) is -2.76. The summed E-state index contributed by atoms with van der Waals surface area (Å²) in [5.41, 5.74) is 0.423. The topological polar surface area (TPSA) is 80.2 Å². The number of hydrogen-bond acceptors (Lipinski definition) is 4. The average Bonchev–Trinajstić information content (AvgIpc) is 2.87. The highest BCUT2D eigenvalue weighted by molar-refractivity contribution is 7.91. The molecule has 1 unspecified atom stereocenters. The molecule has 1 atom stereocenters. The van der Waals surface area contributed by atoms with Gasteiger partial charge >= 0.3 is 0 Å². The summed E-state index contributed by atoms with van der Waals surface area (Å²) in [6.45, 7) is 1.85. The molecule has 1 aliphatic rings. The van der Waals surface area contributed by atoms with Gasteiger partial charge in [-0.2, -0.15) is 0 Å². The Kier molecular flexibility index (Phi) is 4.28. The van der Waals surface area contributed by atoms with Crippen LogP contribution in [0.5, 0.6) is 0 Å². The van der Waals surface area contributed by atoms with Gasteiger partial charge in [0.15, 0.2) is 21.5 Å². The van der Waals surface area contributed by atoms with E-state index < -0.39 is 27.4 Å². The summed E-state index contributed by atoms with van der Waals surface area (Å²) in [6, 6.07) is 2.70. The maximum atomic E-state index is 13.3. The fourth-order valence-corrected chi connectivity index (χ4v) is 4.65. The van der Waals surface area contributed by atoms with Crippen molar-refractivity contribution in [1.82, 2.24) is 4.57 Å². The quantitative estimate of drug-likeness (QED) is 0.871. The Balaban J connectivity index is 1.99. The lowest BCUT2D eigenvalue weighted by molar-refractivity contribution is 0.102. The molecule has 1 aromatic heterocycles. The second-order valence-electron chi connectivity index (χ2n) is 5.94. The van der Waals surface area contributed by atoms with E-state index in [2.05, 4.69) is 10.6 Å². The predicted molar refractivity (Wildman–Crippen MR) is 89.5 cm³/mol. The standard InChI is InChI=1S/C16H17F2N3O3S/c1-3-9-8-25(23,24)13-7-21(2)15(14(13)19-9)16(22)20-10-4-5-11(17)12(18)6-10/h4-7,9,19H,3,8H2,1-2H3,(H,20,22). The van der Waals surface area contributed by atoms with Crippen LogP contribution < -0.4 is 10.6 Å². The molecule has 2 heterocycles. The van der Waals surface area contributed by atoms with Crippen molar-refractivity contribution in [2.45, 2.75) is 24.3 Å². The molecule has 0 spiro atoms. The first-order valence-electron chi connectivity index (χ1n) is 7.68. The Morgan fingerprint density at radius 2 is 2.08 bits per heavy atom. The minimum atomic E-state index is -3.50. The number of anilines is 2. The van der Waals surface area contributed by atoms with Crippen LogP contribution in [0.25, 0.3) is 0 Å². The van der Waals surface area contributed by atoms with Crippen LogP contribution in [0.15, 0.2) is 29.3 Å². The summed E-state index contributed by atoms with van der Waals surface area (Å²) in [7, 11) is -1.94. The highest BCUT2D eigenvalue weighted by atomic mass is 32.2. The van der Waals surface area contributed by atoms with Gasteiger partial charge < -0.3 is 15.2 Å². The van der Waals surface area contributed by atoms with Crippen LogP contribution in [0.4, 0.5) is 20.2 Å². The van der Waals surface area contributed by atoms with E-state index in [1.54, 1.807) is 7.05 Å². The number of hydrogen-bond donors (Lipinski definition) is 2. The van der Waals surface area contributed by atoms with Crippen molar-refractivity contribution in [3.8, 4) is 0 Å². The number of amides is 1. The number of halogens is 2. The molecule has 25 heavy (non-hydrogen) atoms. The summed E-state index contributed by atoms with van der Waals surface area (Å²) in [4.78, 5) is 12.7. The Labute approximate surface area is 143 Å². The molecule has 1 aliphatic heterocycles. The Morgan fingerprint density at radius 1 is 1.36 bits per heavy atom. The molecule has 2 aromatic rings. The largest absolute Gasteiger partial charge is 0.378 e. The van der Waals surface area contributed by atoms with Gasteiger partial charge in [-0.1, -0.05) is 6.92 Å². The summed E-state index contributed by atoms with van der Waals surface area (Å²) in [6.07, 6.45) is 1.96. The molecule has 2 N–H and O–H groups in total. The molecule has 0 fully saturated rings. The Bertz CT molecular complexity index is 954. The maximum Gasteiger partial charge on any atom is 0.274 e. The van der Waals surface area contributed by atoms with Crippen molar-refractivity contribution in [2.24, 2.45) is 7.05 Å². The minimum absolute atomic E-state index is 0.0370. The fraction of sp³-hybridized carbons (Fsp3) is 0.312. The number of carbonyl (C=O) groups excluding carboxylic acids is 1. The lowest BCUT2D eigenvalue weighted by Crippen LogP contribution is -2.34. The molecule has 0 radical (unpaired) electrons. The third kappa shape index (κ3) is 3.11. The third-order valence-corrected chi connectivity index (χ3v) is 5.96. The van der Waals surface area contributed by atoms with Gasteiger partial charge in [-0.15, -0.1) is 0 Å². The van der Waals surface area contributed by atoms with E-state index in [9.17, 15) is 22.0 Å². The van der Waals surface area contributed by atoms with E-state index in [0.717, 1.165) is 12.1 Å². The van der Waals surface area contributed by atoms with Crippen molar-refractivity contribution >= 4 is 27.1 Å². The van der Waals surface area contributed by atoms with Crippen LogP contribution in [0.3, 0.4) is 0 Å². The highest BCUT2D eigenvalue weighted by Gasteiger charge is 2.35. The second-order valence-corrected chi connectivity index (χ2v) is 7.94. The number of aromatic nitrogens is 1. The Hall–Kier alpha value is -2.42. The van der Waals surface area contributed by atoms with Crippen molar-refractivity contribution < 1.29 is 22.0 Å². The molecule has 1 aromatic carbocycles. The molecule has 0 aliphatic carbocycles. The lowest BCUT2D eigenvalue weighted by atomic mass is 10.2. The van der Waals surface area contributed by atoms with Crippen LogP contribution in [-0.4, -0.2) is 30.7 Å². The minimum Gasteiger partial charge on any atom is -0.378 e. The van der Waals surface area contributed by atoms with Gasteiger partial charge in [-0.05, 0) is 18.6 Å². The number of aryl methyl sites for hydroxylation is 1. The lowest BCUT2D eigenvalue weighted by Gasteiger charge is -2.24. The molecule has 0 saturated carbocycles. The monoisotopic (exact) mass is 369 g/mol. The normalized spacial score (nSPS) is 18.3. The van der Waals surface area contributed by atoms with Gasteiger partial charge in [0.25, 0.3) is 5.91 Å². The van der Waals surface area contributed by atoms with E-state index in [0.29, 0.717) is 6.42 Å². The molecular formula is C16H17F2N3O3S. The van der Waals surface area contributed by atoms with Crippen molar-refractivity contribution in [3.05, 3.63) is 41.7 Å². The van der Waals surface area contributed by atoms with Gasteiger partial charge in [0.2, 0.25) is 0 Å². The first kappa shape index (κ1) is 17.4. The summed E-state index contributed by atoms with van der Waals surface area (Å²) in [5, 5.41) is 5.55. The predicted octanol–water partition coefficient (Wildman–Crippen LogP) is 2.53. The van der Waals surface area contributed by atoms with Crippen LogP contribution in [-0.2, 0) is 16.9 Å². The highest BCUT2D eigenvalue weighted by Crippen LogP contribution is 2.34. The van der Waals surface area contributed by atoms with Gasteiger partial charge in [-0.25, -0.2) is 17.2 Å². The number of fused-ring (bicyclic) bond motifs is 1. The molecule has 134 valence electrons. The zero-order chi connectivity index (χ0) is 18.4. The number of rotatable bonds is 3. The molecule has 3 rings (SSSR count). The van der Waals surface area contributed by atoms with Crippen molar-refractivity contribution in [2.75, 3.05) is 16.4 Å². The molecule has 9 heteroatoms. The second kappa shape index (κ2) is 6.14. The molecule has 0 saturated heterocycles. The van der Waals surface area contributed by atoms with E-state index in [1.807, 2.05) is 6.92 Å². The van der Waals surface area contributed by atoms with E-state index >= 15 is 0 Å². The number of nitrogens with one attached hydrogen (secondary N) is 2. The zero-order valence-corrected chi connectivity index (χ0v) is 14.5. The van der Waals surface area contributed by atoms with Gasteiger partial charge in [0.1, 0.15) is 10.6 Å². The smallest absolute Gasteiger partial charge is 0.274 e. The number of benzene rings is 1. The maximum absolute atomic E-state index is 13.3. The van der Waals surface area contributed by atoms with Crippen LogP contribution in [0.1, 0.15) is 23.8 Å². The number of nitrogens with zero attached hydrogens (tertiary/aromatic N) is 1. The fourth-order valence-electron chi connectivity index (χ4n) is 2.83. The SMILES string of the molecule is CCC1CS(=O)(=O)c2cn(C)c(C(=O)Nc3ccc(F)c(F)c3)c2N1. The van der Waals surface area contributed by atoms with Gasteiger partial charge in [-0.3, -0.25) is 4.79 Å². The molecule has 0 bridgehead atoms. The van der Waals surface area contributed by atoms with Crippen LogP contribution >= 0.6 is 0 Å². The van der Waals surface area contributed by atoms with Gasteiger partial charge in [0.05, 0.1) is 11.4 Å². The first-order valence-corrected chi connectivity index (χ1v) is 9.33. The number of sulfone groups is 1. The third-order valence-electron chi connectivity index (χ3n) is 4.14. The van der Waals surface area contributed by atoms with E-state index in [4.69, 9.17) is 0 Å². The number of carbonyl (C=O) groups is 1.